The van der Waals surface area contributed by atoms with Crippen LogP contribution in [0.15, 0.2) is 24.3 Å². The largest absolute Gasteiger partial charge is 0.493 e. The summed E-state index contributed by atoms with van der Waals surface area (Å²) < 4.78 is 10.4. The van der Waals surface area contributed by atoms with Crippen molar-refractivity contribution in [2.24, 2.45) is 0 Å². The molecule has 0 aliphatic rings. The van der Waals surface area contributed by atoms with Crippen LogP contribution in [0.2, 0.25) is 0 Å². The van der Waals surface area contributed by atoms with Gasteiger partial charge >= 0.3 is 5.97 Å². The topological polar surface area (TPSA) is 67.8 Å². The van der Waals surface area contributed by atoms with Crippen LogP contribution in [-0.4, -0.2) is 25.3 Å². The number of thiophene rings is 1. The first-order valence-electron chi connectivity index (χ1n) is 6.33. The molecule has 2 aromatic rings. The third-order valence-electron chi connectivity index (χ3n) is 3.10. The molecule has 0 unspecified atom stereocenters. The zero-order valence-electron chi connectivity index (χ0n) is 12.1. The van der Waals surface area contributed by atoms with Crippen molar-refractivity contribution < 1.29 is 19.4 Å². The molecule has 0 aliphatic carbocycles. The molecule has 0 radical (unpaired) electrons. The Morgan fingerprint density at radius 3 is 2.52 bits per heavy atom. The number of anilines is 1. The fourth-order valence-electron chi connectivity index (χ4n) is 1.94. The average molecular weight is 307 g/mol. The predicted molar refractivity (Wildman–Crippen MR) is 82.9 cm³/mol. The van der Waals surface area contributed by atoms with Gasteiger partial charge < -0.3 is 19.9 Å². The van der Waals surface area contributed by atoms with E-state index in [1.165, 1.54) is 11.3 Å². The van der Waals surface area contributed by atoms with Gasteiger partial charge in [-0.05, 0) is 30.7 Å². The van der Waals surface area contributed by atoms with Gasteiger partial charge in [0.05, 0.1) is 14.2 Å². The van der Waals surface area contributed by atoms with Gasteiger partial charge in [-0.25, -0.2) is 4.79 Å². The molecule has 112 valence electrons. The fraction of sp³-hybridized carbons (Fsp3) is 0.267. The molecule has 5 nitrogen and oxygen atoms in total. The summed E-state index contributed by atoms with van der Waals surface area (Å²) in [5.41, 5.74) is 1.86. The normalized spacial score (nSPS) is 10.2. The second-order valence-corrected chi connectivity index (χ2v) is 5.68. The number of benzene rings is 1. The maximum Gasteiger partial charge on any atom is 0.345 e. The lowest BCUT2D eigenvalue weighted by molar-refractivity contribution is 0.0702. The van der Waals surface area contributed by atoms with Crippen LogP contribution in [-0.2, 0) is 6.54 Å². The number of hydrogen-bond acceptors (Lipinski definition) is 5. The first-order valence-corrected chi connectivity index (χ1v) is 7.15. The van der Waals surface area contributed by atoms with Crippen LogP contribution in [0.4, 0.5) is 5.69 Å². The smallest absolute Gasteiger partial charge is 0.345 e. The van der Waals surface area contributed by atoms with Crippen molar-refractivity contribution in [3.05, 3.63) is 39.6 Å². The Balaban J connectivity index is 2.11. The van der Waals surface area contributed by atoms with Crippen molar-refractivity contribution in [1.29, 1.82) is 0 Å². The van der Waals surface area contributed by atoms with Crippen molar-refractivity contribution in [1.82, 2.24) is 0 Å². The number of nitrogens with one attached hydrogen (secondary N) is 1. The number of rotatable bonds is 6. The molecule has 1 aromatic heterocycles. The van der Waals surface area contributed by atoms with Crippen LogP contribution in [0.25, 0.3) is 0 Å². The number of hydrogen-bond donors (Lipinski definition) is 2. The van der Waals surface area contributed by atoms with E-state index in [1.807, 2.05) is 25.1 Å². The first-order chi connectivity index (χ1) is 10.0. The zero-order chi connectivity index (χ0) is 15.4. The summed E-state index contributed by atoms with van der Waals surface area (Å²) in [5.74, 6) is 0.430. The third kappa shape index (κ3) is 3.46. The van der Waals surface area contributed by atoms with Crippen LogP contribution in [0, 0.1) is 6.92 Å². The van der Waals surface area contributed by atoms with Crippen LogP contribution in [0.5, 0.6) is 11.5 Å². The molecule has 0 saturated heterocycles. The van der Waals surface area contributed by atoms with Crippen LogP contribution >= 0.6 is 11.3 Å². The number of carboxylic acids is 1. The van der Waals surface area contributed by atoms with Gasteiger partial charge in [-0.3, -0.25) is 0 Å². The first kappa shape index (κ1) is 15.2. The van der Waals surface area contributed by atoms with Gasteiger partial charge in [-0.1, -0.05) is 0 Å². The lowest BCUT2D eigenvalue weighted by atomic mass is 10.2. The third-order valence-corrected chi connectivity index (χ3v) is 4.18. The molecule has 0 atom stereocenters. The van der Waals surface area contributed by atoms with Crippen LogP contribution in [0.1, 0.15) is 20.1 Å². The lowest BCUT2D eigenvalue weighted by Gasteiger charge is -2.11. The van der Waals surface area contributed by atoms with Gasteiger partial charge in [0.2, 0.25) is 0 Å². The lowest BCUT2D eigenvalue weighted by Crippen LogP contribution is -2.00. The Morgan fingerprint density at radius 1 is 1.24 bits per heavy atom. The molecule has 21 heavy (non-hydrogen) atoms. The van der Waals surface area contributed by atoms with Crippen LogP contribution in [0.3, 0.4) is 0 Å². The van der Waals surface area contributed by atoms with Crippen molar-refractivity contribution in [2.75, 3.05) is 19.5 Å². The van der Waals surface area contributed by atoms with Gasteiger partial charge in [-0.15, -0.1) is 11.3 Å². The number of ether oxygens (including phenoxy) is 2. The Kier molecular flexibility index (Phi) is 4.70. The second-order valence-electron chi connectivity index (χ2n) is 4.42. The van der Waals surface area contributed by atoms with E-state index in [-0.39, 0.29) is 0 Å². The monoisotopic (exact) mass is 307 g/mol. The quantitative estimate of drug-likeness (QED) is 0.856. The molecule has 0 bridgehead atoms. The predicted octanol–water partition coefficient (Wildman–Crippen LogP) is 3.38. The molecular formula is C15H17NO4S. The minimum absolute atomic E-state index is 0.358. The highest BCUT2D eigenvalue weighted by Crippen LogP contribution is 2.30. The minimum Gasteiger partial charge on any atom is -0.493 e. The van der Waals surface area contributed by atoms with Crippen LogP contribution < -0.4 is 14.8 Å². The number of methoxy groups -OCH3 is 2. The molecule has 2 N–H and O–H groups in total. The number of carboxylic acid groups (broad SMARTS) is 1. The van der Waals surface area contributed by atoms with Gasteiger partial charge in [0.1, 0.15) is 4.88 Å². The summed E-state index contributed by atoms with van der Waals surface area (Å²) in [5, 5.41) is 12.3. The molecule has 0 saturated carbocycles. The summed E-state index contributed by atoms with van der Waals surface area (Å²) in [6, 6.07) is 7.26. The SMILES string of the molecule is COc1ccc(NCc2cc(C(=O)O)sc2C)cc1OC. The molecule has 0 fully saturated rings. The average Bonchev–Trinajstić information content (AvgIpc) is 2.86. The number of aryl methyl sites for hydroxylation is 1. The Morgan fingerprint density at radius 2 is 1.95 bits per heavy atom. The summed E-state index contributed by atoms with van der Waals surface area (Å²) >= 11 is 1.29. The molecule has 0 aliphatic heterocycles. The van der Waals surface area contributed by atoms with E-state index >= 15 is 0 Å². The molecule has 0 amide bonds. The molecule has 2 rings (SSSR count). The van der Waals surface area contributed by atoms with E-state index < -0.39 is 5.97 Å². The maximum absolute atomic E-state index is 11.0. The molecule has 1 aromatic carbocycles. The second kappa shape index (κ2) is 6.49. The highest BCUT2D eigenvalue weighted by molar-refractivity contribution is 7.14. The van der Waals surface area contributed by atoms with E-state index in [2.05, 4.69) is 5.32 Å². The highest BCUT2D eigenvalue weighted by atomic mass is 32.1. The highest BCUT2D eigenvalue weighted by Gasteiger charge is 2.11. The molecule has 1 heterocycles. The summed E-state index contributed by atoms with van der Waals surface area (Å²) in [7, 11) is 3.18. The fourth-order valence-corrected chi connectivity index (χ4v) is 2.82. The molecule has 0 spiro atoms. The minimum atomic E-state index is -0.888. The Hall–Kier alpha value is -2.21. The van der Waals surface area contributed by atoms with Gasteiger partial charge in [0.25, 0.3) is 0 Å². The maximum atomic E-state index is 11.0. The van der Waals surface area contributed by atoms with Gasteiger partial charge in [-0.2, -0.15) is 0 Å². The summed E-state index contributed by atoms with van der Waals surface area (Å²) in [6.07, 6.45) is 0. The van der Waals surface area contributed by atoms with Crippen molar-refractivity contribution in [2.45, 2.75) is 13.5 Å². The van der Waals surface area contributed by atoms with E-state index in [9.17, 15) is 4.79 Å². The van der Waals surface area contributed by atoms with Crippen molar-refractivity contribution in [3.63, 3.8) is 0 Å². The zero-order valence-corrected chi connectivity index (χ0v) is 12.9. The van der Waals surface area contributed by atoms with E-state index in [0.29, 0.717) is 22.9 Å². The van der Waals surface area contributed by atoms with Crippen molar-refractivity contribution >= 4 is 23.0 Å². The number of aromatic carboxylic acids is 1. The summed E-state index contributed by atoms with van der Waals surface area (Å²) in [4.78, 5) is 12.3. The molecule has 6 heteroatoms. The van der Waals surface area contributed by atoms with E-state index in [1.54, 1.807) is 20.3 Å². The van der Waals surface area contributed by atoms with Gasteiger partial charge in [0.15, 0.2) is 11.5 Å². The van der Waals surface area contributed by atoms with Gasteiger partial charge in [0, 0.05) is 23.2 Å². The van der Waals surface area contributed by atoms with Crippen molar-refractivity contribution in [3.8, 4) is 11.5 Å². The van der Waals surface area contributed by atoms with E-state index in [4.69, 9.17) is 14.6 Å². The molecular weight excluding hydrogens is 290 g/mol. The standard InChI is InChI=1S/C15H17NO4S/c1-9-10(6-14(21-9)15(17)18)8-16-11-4-5-12(19-2)13(7-11)20-3/h4-7,16H,8H2,1-3H3,(H,17,18). The Labute approximate surface area is 127 Å². The van der Waals surface area contributed by atoms with E-state index in [0.717, 1.165) is 16.1 Å². The Bertz CT molecular complexity index is 651. The summed E-state index contributed by atoms with van der Waals surface area (Å²) in [6.45, 7) is 2.48. The number of carbonyl (C=O) groups is 1.